The molecule has 0 aromatic heterocycles. The van der Waals surface area contributed by atoms with E-state index in [4.69, 9.17) is 9.84 Å². The molecule has 1 atom stereocenters. The van der Waals surface area contributed by atoms with Crippen LogP contribution in [0.2, 0.25) is 0 Å². The fourth-order valence-corrected chi connectivity index (χ4v) is 1.07. The van der Waals surface area contributed by atoms with E-state index < -0.39 is 29.5 Å². The van der Waals surface area contributed by atoms with Crippen LogP contribution in [0, 0.1) is 5.92 Å². The smallest absolute Gasteiger partial charge is 0.408 e. The molecule has 18 heavy (non-hydrogen) atoms. The lowest BCUT2D eigenvalue weighted by molar-refractivity contribution is -0.134. The molecule has 0 bridgehead atoms. The van der Waals surface area contributed by atoms with Gasteiger partial charge in [0.25, 0.3) is 0 Å². The highest BCUT2D eigenvalue weighted by atomic mass is 19.1. The molecule has 5 nitrogen and oxygen atoms in total. The maximum absolute atomic E-state index is 13.0. The average Bonchev–Trinajstić information content (AvgIpc) is 2.12. The summed E-state index contributed by atoms with van der Waals surface area (Å²) in [5, 5.41) is 10.9. The number of alkyl carbamates (subject to hydrolysis) is 1. The van der Waals surface area contributed by atoms with Crippen molar-refractivity contribution >= 4 is 12.1 Å². The number of carboxylic acid groups (broad SMARTS) is 1. The van der Waals surface area contributed by atoms with Gasteiger partial charge >= 0.3 is 12.1 Å². The van der Waals surface area contributed by atoms with Crippen LogP contribution in [0.4, 0.5) is 9.18 Å². The van der Waals surface area contributed by atoms with Gasteiger partial charge in [0.15, 0.2) is 0 Å². The third-order valence-electron chi connectivity index (χ3n) is 1.93. The Labute approximate surface area is 106 Å². The van der Waals surface area contributed by atoms with Crippen LogP contribution in [0.15, 0.2) is 11.9 Å². The van der Waals surface area contributed by atoms with Gasteiger partial charge in [-0.1, -0.05) is 13.8 Å². The molecule has 0 saturated carbocycles. The lowest BCUT2D eigenvalue weighted by atomic mass is 10.0. The largest absolute Gasteiger partial charge is 0.476 e. The lowest BCUT2D eigenvalue weighted by Crippen LogP contribution is -2.41. The summed E-state index contributed by atoms with van der Waals surface area (Å²) in [5.41, 5.74) is -0.666. The summed E-state index contributed by atoms with van der Waals surface area (Å²) < 4.78 is 18.0. The maximum atomic E-state index is 13.0. The van der Waals surface area contributed by atoms with Gasteiger partial charge in [0, 0.05) is 0 Å². The van der Waals surface area contributed by atoms with Crippen LogP contribution >= 0.6 is 0 Å². The van der Waals surface area contributed by atoms with Crippen molar-refractivity contribution in [3.63, 3.8) is 0 Å². The van der Waals surface area contributed by atoms with Crippen LogP contribution in [0.25, 0.3) is 0 Å². The highest BCUT2D eigenvalue weighted by Crippen LogP contribution is 2.11. The number of rotatable bonds is 4. The molecule has 104 valence electrons. The van der Waals surface area contributed by atoms with Gasteiger partial charge in [-0.3, -0.25) is 0 Å². The number of amides is 1. The molecule has 2 N–H and O–H groups in total. The second-order valence-corrected chi connectivity index (χ2v) is 5.24. The molecule has 0 aliphatic heterocycles. The standard InChI is InChI=1S/C12H20FNO4/c1-7(2)9(6-8(13)10(15)16)14-11(17)18-12(3,4)5/h6-7,9H,1-5H3,(H,14,17)(H,15,16)/b8-6-. The number of halogens is 1. The van der Waals surface area contributed by atoms with Gasteiger partial charge in [0.2, 0.25) is 5.83 Å². The Morgan fingerprint density at radius 2 is 1.83 bits per heavy atom. The predicted octanol–water partition coefficient (Wildman–Crippen LogP) is 2.47. The Morgan fingerprint density at radius 3 is 2.17 bits per heavy atom. The SMILES string of the molecule is CC(C)C(/C=C(\F)C(=O)O)NC(=O)OC(C)(C)C. The van der Waals surface area contributed by atoms with Gasteiger partial charge in [-0.25, -0.2) is 9.59 Å². The van der Waals surface area contributed by atoms with Crippen LogP contribution in [-0.2, 0) is 9.53 Å². The van der Waals surface area contributed by atoms with E-state index in [0.29, 0.717) is 0 Å². The molecule has 0 aliphatic rings. The summed E-state index contributed by atoms with van der Waals surface area (Å²) in [4.78, 5) is 21.9. The van der Waals surface area contributed by atoms with Crippen molar-refractivity contribution in [1.82, 2.24) is 5.32 Å². The summed E-state index contributed by atoms with van der Waals surface area (Å²) in [6.45, 7) is 8.56. The highest BCUT2D eigenvalue weighted by molar-refractivity contribution is 5.84. The molecule has 0 saturated heterocycles. The first-order chi connectivity index (χ1) is 8.03. The number of carbonyl (C=O) groups is 2. The van der Waals surface area contributed by atoms with E-state index >= 15 is 0 Å². The quantitative estimate of drug-likeness (QED) is 0.762. The number of hydrogen-bond acceptors (Lipinski definition) is 3. The van der Waals surface area contributed by atoms with Crippen molar-refractivity contribution in [2.45, 2.75) is 46.3 Å². The zero-order chi connectivity index (χ0) is 14.5. The molecule has 1 amide bonds. The highest BCUT2D eigenvalue weighted by Gasteiger charge is 2.21. The van der Waals surface area contributed by atoms with Gasteiger partial charge in [0.05, 0.1) is 6.04 Å². The summed E-state index contributed by atoms with van der Waals surface area (Å²) in [5.74, 6) is -3.13. The minimum absolute atomic E-state index is 0.164. The Balaban J connectivity index is 4.71. The molecule has 0 fully saturated rings. The van der Waals surface area contributed by atoms with Gasteiger partial charge in [0.1, 0.15) is 5.60 Å². The van der Waals surface area contributed by atoms with E-state index in [2.05, 4.69) is 5.32 Å². The van der Waals surface area contributed by atoms with Gasteiger partial charge in [-0.15, -0.1) is 0 Å². The Hall–Kier alpha value is -1.59. The van der Waals surface area contributed by atoms with E-state index in [0.717, 1.165) is 6.08 Å². The van der Waals surface area contributed by atoms with Crippen molar-refractivity contribution in [2.24, 2.45) is 5.92 Å². The molecule has 0 aromatic carbocycles. The number of hydrogen-bond donors (Lipinski definition) is 2. The number of aliphatic carboxylic acids is 1. The van der Waals surface area contributed by atoms with Crippen molar-refractivity contribution in [1.29, 1.82) is 0 Å². The fourth-order valence-electron chi connectivity index (χ4n) is 1.07. The normalized spacial score (nSPS) is 14.3. The van der Waals surface area contributed by atoms with Crippen LogP contribution in [-0.4, -0.2) is 28.8 Å². The molecule has 1 unspecified atom stereocenters. The molecule has 0 aromatic rings. The number of ether oxygens (including phenoxy) is 1. The second kappa shape index (κ2) is 6.37. The first kappa shape index (κ1) is 16.4. The molecule has 0 heterocycles. The van der Waals surface area contributed by atoms with E-state index in [1.54, 1.807) is 34.6 Å². The number of nitrogens with one attached hydrogen (secondary N) is 1. The minimum atomic E-state index is -1.66. The summed E-state index contributed by atoms with van der Waals surface area (Å²) in [6, 6.07) is -0.740. The molecule has 0 rings (SSSR count). The summed E-state index contributed by atoms with van der Waals surface area (Å²) >= 11 is 0. The van der Waals surface area contributed by atoms with Crippen molar-refractivity contribution < 1.29 is 23.8 Å². The topological polar surface area (TPSA) is 75.6 Å². The molecule has 0 spiro atoms. The maximum Gasteiger partial charge on any atom is 0.408 e. The van der Waals surface area contributed by atoms with Gasteiger partial charge in [-0.05, 0) is 32.8 Å². The van der Waals surface area contributed by atoms with Crippen LogP contribution < -0.4 is 5.32 Å². The third-order valence-corrected chi connectivity index (χ3v) is 1.93. The average molecular weight is 261 g/mol. The molecular formula is C12H20FNO4. The molecule has 0 radical (unpaired) electrons. The summed E-state index contributed by atoms with van der Waals surface area (Å²) in [6.07, 6.45) is 0.146. The van der Waals surface area contributed by atoms with E-state index in [9.17, 15) is 14.0 Å². The van der Waals surface area contributed by atoms with Crippen molar-refractivity contribution in [2.75, 3.05) is 0 Å². The first-order valence-electron chi connectivity index (χ1n) is 5.63. The van der Waals surface area contributed by atoms with Gasteiger partial charge in [-0.2, -0.15) is 4.39 Å². The summed E-state index contributed by atoms with van der Waals surface area (Å²) in [7, 11) is 0. The zero-order valence-corrected chi connectivity index (χ0v) is 11.3. The Morgan fingerprint density at radius 1 is 1.33 bits per heavy atom. The van der Waals surface area contributed by atoms with Crippen LogP contribution in [0.3, 0.4) is 0 Å². The number of carboxylic acids is 1. The molecule has 6 heteroatoms. The van der Waals surface area contributed by atoms with Crippen LogP contribution in [0.5, 0.6) is 0 Å². The molecular weight excluding hydrogens is 241 g/mol. The zero-order valence-electron chi connectivity index (χ0n) is 11.3. The van der Waals surface area contributed by atoms with Crippen molar-refractivity contribution in [3.8, 4) is 0 Å². The van der Waals surface area contributed by atoms with Crippen LogP contribution in [0.1, 0.15) is 34.6 Å². The van der Waals surface area contributed by atoms with E-state index in [1.807, 2.05) is 0 Å². The third kappa shape index (κ3) is 6.88. The predicted molar refractivity (Wildman–Crippen MR) is 64.8 cm³/mol. The fraction of sp³-hybridized carbons (Fsp3) is 0.667. The van der Waals surface area contributed by atoms with E-state index in [1.165, 1.54) is 0 Å². The first-order valence-corrected chi connectivity index (χ1v) is 5.63. The Bertz CT molecular complexity index is 344. The van der Waals surface area contributed by atoms with Crippen molar-refractivity contribution in [3.05, 3.63) is 11.9 Å². The minimum Gasteiger partial charge on any atom is -0.476 e. The molecule has 0 aliphatic carbocycles. The Kier molecular flexibility index (Phi) is 5.81. The second-order valence-electron chi connectivity index (χ2n) is 5.24. The lowest BCUT2D eigenvalue weighted by Gasteiger charge is -2.23. The number of carbonyl (C=O) groups excluding carboxylic acids is 1. The van der Waals surface area contributed by atoms with E-state index in [-0.39, 0.29) is 5.92 Å². The van der Waals surface area contributed by atoms with Gasteiger partial charge < -0.3 is 15.2 Å². The monoisotopic (exact) mass is 261 g/mol.